The molecule has 3 N–H and O–H groups in total. The first-order chi connectivity index (χ1) is 25.2. The van der Waals surface area contributed by atoms with Gasteiger partial charge in [-0.15, -0.1) is 11.3 Å². The van der Waals surface area contributed by atoms with E-state index in [1.165, 1.54) is 16.3 Å². The van der Waals surface area contributed by atoms with Crippen molar-refractivity contribution in [2.24, 2.45) is 22.2 Å². The van der Waals surface area contributed by atoms with Crippen molar-refractivity contribution in [1.82, 2.24) is 25.3 Å². The summed E-state index contributed by atoms with van der Waals surface area (Å²) in [5.74, 6) is -1.38. The van der Waals surface area contributed by atoms with Gasteiger partial charge in [0.25, 0.3) is 5.91 Å². The summed E-state index contributed by atoms with van der Waals surface area (Å²) < 4.78 is 13.9. The largest absolute Gasteiger partial charge is 0.462 e. The quantitative estimate of drug-likeness (QED) is 0.157. The third-order valence-electron chi connectivity index (χ3n) is 10.6. The normalized spacial score (nSPS) is 25.8. The molecule has 2 amide bonds. The number of cyclic esters (lactones) is 1. The number of hydrazine groups is 1. The number of methoxy groups -OCH3 is 1. The number of nitrogens with one attached hydrogen (secondary N) is 2. The number of nitrogens with zero attached hydrogens (tertiary/aromatic N) is 4. The maximum Gasteiger partial charge on any atom is 0.355 e. The van der Waals surface area contributed by atoms with E-state index in [0.717, 1.165) is 51.1 Å². The second-order valence-corrected chi connectivity index (χ2v) is 16.2. The SMILES string of the molecule is C=C/C(=C(\N=C/C)[C@H](C)OC)c1c2c3cc(ccc3n1CC)-c1csc(n1)C[C@H](NC(=O)[C@H]1C[C@@H]1C)C(=O)N1CCC[C@@](O)(N1)C(=O)OCC(C)(C)C2. The van der Waals surface area contributed by atoms with Crippen LogP contribution in [-0.4, -0.2) is 81.8 Å². The molecule has 13 heteroatoms. The van der Waals surface area contributed by atoms with Crippen molar-refractivity contribution in [3.63, 3.8) is 0 Å². The summed E-state index contributed by atoms with van der Waals surface area (Å²) in [5, 5.41) is 19.5. The third-order valence-corrected chi connectivity index (χ3v) is 11.5. The number of aliphatic hydroxyl groups is 1. The van der Waals surface area contributed by atoms with Gasteiger partial charge in [-0.3, -0.25) is 19.6 Å². The van der Waals surface area contributed by atoms with Gasteiger partial charge in [-0.05, 0) is 63.6 Å². The molecule has 0 radical (unpaired) electrons. The molecule has 284 valence electrons. The number of hydrogen-bond acceptors (Lipinski definition) is 10. The zero-order chi connectivity index (χ0) is 38.2. The fourth-order valence-electron chi connectivity index (χ4n) is 7.48. The molecule has 5 atom stereocenters. The Morgan fingerprint density at radius 3 is 2.75 bits per heavy atom. The standard InChI is InChI=1S/C40H52N6O6S/c1-9-26(34(41-10-2)24(5)51-8)35-29-20-39(6,7)22-52-38(49)40(50)15-12-16-46(44-40)37(48)30(43-36(47)27-17-23(27)4)19-33-42-31(21-53-33)25-13-14-32(28(29)18-25)45(35)11-3/h9-10,13-14,18,21,23-24,27,30,44,50H,1,11-12,15-17,19-20,22H2,2-8H3,(H,43,47)/b34-26+,41-10-/t23-,24-,27-,30-,40-/m0/s1. The van der Waals surface area contributed by atoms with E-state index < -0.39 is 29.1 Å². The maximum atomic E-state index is 14.0. The van der Waals surface area contributed by atoms with Crippen LogP contribution in [0.4, 0.5) is 0 Å². The van der Waals surface area contributed by atoms with E-state index >= 15 is 0 Å². The number of thiazole rings is 1. The molecule has 1 saturated heterocycles. The molecule has 6 rings (SSSR count). The monoisotopic (exact) mass is 744 g/mol. The Labute approximate surface area is 315 Å². The fourth-order valence-corrected chi connectivity index (χ4v) is 8.33. The first-order valence-electron chi connectivity index (χ1n) is 18.5. The predicted octanol–water partition coefficient (Wildman–Crippen LogP) is 5.43. The highest BCUT2D eigenvalue weighted by Crippen LogP contribution is 2.41. The number of carbonyl (C=O) groups excluding carboxylic acids is 3. The third kappa shape index (κ3) is 7.75. The molecule has 1 aliphatic carbocycles. The highest BCUT2D eigenvalue weighted by Gasteiger charge is 2.46. The maximum absolute atomic E-state index is 14.0. The zero-order valence-corrected chi connectivity index (χ0v) is 32.6. The van der Waals surface area contributed by atoms with Crippen molar-refractivity contribution in [2.75, 3.05) is 20.3 Å². The summed E-state index contributed by atoms with van der Waals surface area (Å²) in [6.45, 7) is 17.1. The minimum Gasteiger partial charge on any atom is -0.462 e. The van der Waals surface area contributed by atoms with Crippen LogP contribution in [0, 0.1) is 17.3 Å². The fraction of sp³-hybridized carbons (Fsp3) is 0.525. The molecule has 53 heavy (non-hydrogen) atoms. The van der Waals surface area contributed by atoms with Crippen LogP contribution in [-0.2, 0) is 43.2 Å². The summed E-state index contributed by atoms with van der Waals surface area (Å²) in [5.41, 5.74) is 6.32. The number of esters is 1. The molecule has 12 nitrogen and oxygen atoms in total. The summed E-state index contributed by atoms with van der Waals surface area (Å²) >= 11 is 1.43. The van der Waals surface area contributed by atoms with Gasteiger partial charge in [-0.1, -0.05) is 39.5 Å². The van der Waals surface area contributed by atoms with E-state index in [4.69, 9.17) is 19.5 Å². The van der Waals surface area contributed by atoms with E-state index in [9.17, 15) is 19.5 Å². The zero-order valence-electron chi connectivity index (χ0n) is 31.8. The van der Waals surface area contributed by atoms with Crippen molar-refractivity contribution in [3.05, 3.63) is 58.2 Å². The second-order valence-electron chi connectivity index (χ2n) is 15.3. The van der Waals surface area contributed by atoms with E-state index in [1.807, 2.05) is 46.1 Å². The number of fused-ring (bicyclic) bond motifs is 6. The average Bonchev–Trinajstić information content (AvgIpc) is 3.57. The molecule has 1 aromatic carbocycles. The Balaban J connectivity index is 1.52. The van der Waals surface area contributed by atoms with Gasteiger partial charge in [-0.25, -0.2) is 9.78 Å². The Morgan fingerprint density at radius 1 is 1.34 bits per heavy atom. The average molecular weight is 745 g/mol. The van der Waals surface area contributed by atoms with Crippen LogP contribution >= 0.6 is 11.3 Å². The van der Waals surface area contributed by atoms with Gasteiger partial charge >= 0.3 is 5.97 Å². The van der Waals surface area contributed by atoms with Crippen LogP contribution in [0.25, 0.3) is 27.7 Å². The van der Waals surface area contributed by atoms with Crippen molar-refractivity contribution in [3.8, 4) is 11.3 Å². The van der Waals surface area contributed by atoms with Gasteiger partial charge in [0.1, 0.15) is 6.04 Å². The number of amides is 2. The van der Waals surface area contributed by atoms with Gasteiger partial charge in [0.15, 0.2) is 0 Å². The van der Waals surface area contributed by atoms with Crippen LogP contribution in [0.2, 0.25) is 0 Å². The molecule has 2 fully saturated rings. The van der Waals surface area contributed by atoms with E-state index in [0.29, 0.717) is 24.4 Å². The van der Waals surface area contributed by atoms with Crippen LogP contribution in [0.15, 0.2) is 46.9 Å². The Kier molecular flexibility index (Phi) is 11.1. The summed E-state index contributed by atoms with van der Waals surface area (Å²) in [7, 11) is 1.66. The lowest BCUT2D eigenvalue weighted by molar-refractivity contribution is -0.189. The van der Waals surface area contributed by atoms with Crippen molar-refractivity contribution < 1.29 is 29.0 Å². The van der Waals surface area contributed by atoms with Crippen LogP contribution < -0.4 is 10.7 Å². The Morgan fingerprint density at radius 2 is 2.09 bits per heavy atom. The molecule has 4 heterocycles. The summed E-state index contributed by atoms with van der Waals surface area (Å²) in [6.07, 6.45) is 5.11. The summed E-state index contributed by atoms with van der Waals surface area (Å²) in [6, 6.07) is 5.36. The van der Waals surface area contributed by atoms with Gasteiger partial charge in [0.05, 0.1) is 34.8 Å². The number of carbonyl (C=O) groups is 3. The lowest BCUT2D eigenvalue weighted by Crippen LogP contribution is -2.67. The van der Waals surface area contributed by atoms with Gasteiger partial charge in [0, 0.05) is 78.0 Å². The topological polar surface area (TPSA) is 147 Å². The lowest BCUT2D eigenvalue weighted by atomic mass is 9.84. The first-order valence-corrected chi connectivity index (χ1v) is 19.4. The van der Waals surface area contributed by atoms with Gasteiger partial charge < -0.3 is 24.5 Å². The number of ether oxygens (including phenoxy) is 2. The van der Waals surface area contributed by atoms with Crippen molar-refractivity contribution in [2.45, 2.75) is 98.1 Å². The van der Waals surface area contributed by atoms with Crippen molar-refractivity contribution >= 4 is 51.8 Å². The van der Waals surface area contributed by atoms with Crippen LogP contribution in [0.5, 0.6) is 0 Å². The molecule has 2 aliphatic heterocycles. The van der Waals surface area contributed by atoms with Crippen LogP contribution in [0.3, 0.4) is 0 Å². The number of aliphatic imine (C=N–C) groups is 1. The minimum absolute atomic E-state index is 0.00300. The predicted molar refractivity (Wildman–Crippen MR) is 207 cm³/mol. The summed E-state index contributed by atoms with van der Waals surface area (Å²) in [4.78, 5) is 50.6. The first kappa shape index (κ1) is 38.6. The van der Waals surface area contributed by atoms with Crippen LogP contribution in [0.1, 0.15) is 77.1 Å². The second kappa shape index (κ2) is 15.3. The smallest absolute Gasteiger partial charge is 0.355 e. The lowest BCUT2D eigenvalue weighted by Gasteiger charge is -2.40. The van der Waals surface area contributed by atoms with E-state index in [2.05, 4.69) is 47.0 Å². The molecular formula is C40H52N6O6S. The van der Waals surface area contributed by atoms with Crippen molar-refractivity contribution in [1.29, 1.82) is 0 Å². The number of rotatable bonds is 8. The highest BCUT2D eigenvalue weighted by atomic mass is 32.1. The highest BCUT2D eigenvalue weighted by molar-refractivity contribution is 7.10. The number of aromatic nitrogens is 2. The number of aryl methyl sites for hydroxylation is 1. The molecular weight excluding hydrogens is 693 g/mol. The molecule has 3 aromatic rings. The molecule has 2 aromatic heterocycles. The molecule has 0 unspecified atom stereocenters. The number of allylic oxidation sites excluding steroid dienone is 2. The van der Waals surface area contributed by atoms with E-state index in [1.54, 1.807) is 13.3 Å². The Bertz CT molecular complexity index is 1980. The molecule has 1 saturated carbocycles. The number of benzene rings is 1. The molecule has 0 spiro atoms. The van der Waals surface area contributed by atoms with E-state index in [-0.39, 0.29) is 49.8 Å². The van der Waals surface area contributed by atoms with Gasteiger partial charge in [-0.2, -0.15) is 5.43 Å². The minimum atomic E-state index is -2.12. The van der Waals surface area contributed by atoms with Gasteiger partial charge in [0.2, 0.25) is 11.6 Å². The number of hydrogen-bond donors (Lipinski definition) is 3. The Hall–Kier alpha value is -4.17. The molecule has 3 aliphatic rings. The molecule has 6 bridgehead atoms.